The summed E-state index contributed by atoms with van der Waals surface area (Å²) in [5.41, 5.74) is 5.26. The molecule has 1 rings (SSSR count). The van der Waals surface area contributed by atoms with Crippen molar-refractivity contribution in [3.63, 3.8) is 0 Å². The standard InChI is InChI=1S/C5H9NO/c6-4-5-2-1-3-7-5/h1-2,5H,3-4,6H2/t5-/m0/s1. The van der Waals surface area contributed by atoms with Gasteiger partial charge in [-0.15, -0.1) is 0 Å². The van der Waals surface area contributed by atoms with E-state index in [-0.39, 0.29) is 6.10 Å². The molecule has 2 heteroatoms. The molecule has 2 N–H and O–H groups in total. The topological polar surface area (TPSA) is 35.2 Å². The summed E-state index contributed by atoms with van der Waals surface area (Å²) in [4.78, 5) is 0. The first-order valence-electron chi connectivity index (χ1n) is 2.42. The Morgan fingerprint density at radius 1 is 1.86 bits per heavy atom. The number of rotatable bonds is 1. The predicted octanol–water partition coefficient (Wildman–Crippen LogP) is -0.0999. The van der Waals surface area contributed by atoms with Gasteiger partial charge in [-0.05, 0) is 0 Å². The molecule has 0 bridgehead atoms. The van der Waals surface area contributed by atoms with Crippen molar-refractivity contribution in [3.8, 4) is 0 Å². The normalized spacial score (nSPS) is 29.0. The van der Waals surface area contributed by atoms with Gasteiger partial charge in [0.15, 0.2) is 0 Å². The second-order valence-corrected chi connectivity index (χ2v) is 1.54. The quantitative estimate of drug-likeness (QED) is 0.466. The summed E-state index contributed by atoms with van der Waals surface area (Å²) in [6.07, 6.45) is 4.16. The van der Waals surface area contributed by atoms with Crippen LogP contribution in [-0.2, 0) is 4.74 Å². The van der Waals surface area contributed by atoms with E-state index in [1.807, 2.05) is 12.2 Å². The largest absolute Gasteiger partial charge is 0.369 e. The van der Waals surface area contributed by atoms with Gasteiger partial charge in [-0.3, -0.25) is 0 Å². The third-order valence-corrected chi connectivity index (χ3v) is 0.990. The van der Waals surface area contributed by atoms with Crippen molar-refractivity contribution in [2.75, 3.05) is 13.2 Å². The Bertz CT molecular complexity index is 80.1. The van der Waals surface area contributed by atoms with Crippen LogP contribution in [-0.4, -0.2) is 19.3 Å². The van der Waals surface area contributed by atoms with Crippen LogP contribution in [0.4, 0.5) is 0 Å². The van der Waals surface area contributed by atoms with Gasteiger partial charge >= 0.3 is 0 Å². The molecule has 0 saturated carbocycles. The van der Waals surface area contributed by atoms with Crippen molar-refractivity contribution in [2.45, 2.75) is 6.10 Å². The van der Waals surface area contributed by atoms with E-state index in [0.29, 0.717) is 6.54 Å². The Hall–Kier alpha value is -0.340. The van der Waals surface area contributed by atoms with Gasteiger partial charge < -0.3 is 10.5 Å². The SMILES string of the molecule is NC[C@@H]1C=CCO1. The lowest BCUT2D eigenvalue weighted by molar-refractivity contribution is 0.134. The summed E-state index contributed by atoms with van der Waals surface area (Å²) in [7, 11) is 0. The first-order valence-corrected chi connectivity index (χ1v) is 2.42. The maximum Gasteiger partial charge on any atom is 0.0883 e. The van der Waals surface area contributed by atoms with Crippen molar-refractivity contribution < 1.29 is 4.74 Å². The minimum absolute atomic E-state index is 0.194. The molecule has 0 amide bonds. The fourth-order valence-electron chi connectivity index (χ4n) is 0.589. The van der Waals surface area contributed by atoms with Crippen molar-refractivity contribution in [2.24, 2.45) is 5.73 Å². The minimum atomic E-state index is 0.194. The highest BCUT2D eigenvalue weighted by atomic mass is 16.5. The summed E-state index contributed by atoms with van der Waals surface area (Å²) >= 11 is 0. The van der Waals surface area contributed by atoms with Gasteiger partial charge in [-0.1, -0.05) is 12.2 Å². The van der Waals surface area contributed by atoms with Gasteiger partial charge in [0.2, 0.25) is 0 Å². The van der Waals surface area contributed by atoms with Gasteiger partial charge in [0, 0.05) is 6.54 Å². The smallest absolute Gasteiger partial charge is 0.0883 e. The Labute approximate surface area is 43.0 Å². The van der Waals surface area contributed by atoms with Crippen LogP contribution >= 0.6 is 0 Å². The summed E-state index contributed by atoms with van der Waals surface area (Å²) in [6.45, 7) is 1.35. The fourth-order valence-corrected chi connectivity index (χ4v) is 0.589. The van der Waals surface area contributed by atoms with Crippen LogP contribution in [0.1, 0.15) is 0 Å². The van der Waals surface area contributed by atoms with Gasteiger partial charge in [0.1, 0.15) is 0 Å². The summed E-state index contributed by atoms with van der Waals surface area (Å²) in [6, 6.07) is 0. The summed E-state index contributed by atoms with van der Waals surface area (Å²) < 4.78 is 5.07. The molecule has 0 aromatic carbocycles. The van der Waals surface area contributed by atoms with Crippen LogP contribution in [0.15, 0.2) is 12.2 Å². The Morgan fingerprint density at radius 3 is 3.00 bits per heavy atom. The Kier molecular flexibility index (Phi) is 1.44. The van der Waals surface area contributed by atoms with E-state index in [1.54, 1.807) is 0 Å². The van der Waals surface area contributed by atoms with E-state index >= 15 is 0 Å². The highest BCUT2D eigenvalue weighted by Crippen LogP contribution is 1.98. The molecule has 0 aromatic heterocycles. The van der Waals surface area contributed by atoms with E-state index in [4.69, 9.17) is 10.5 Å². The Morgan fingerprint density at radius 2 is 2.71 bits per heavy atom. The monoisotopic (exact) mass is 99.1 g/mol. The fraction of sp³-hybridized carbons (Fsp3) is 0.600. The lowest BCUT2D eigenvalue weighted by atomic mass is 10.4. The van der Waals surface area contributed by atoms with Crippen molar-refractivity contribution in [1.82, 2.24) is 0 Å². The van der Waals surface area contributed by atoms with Crippen LogP contribution < -0.4 is 5.73 Å². The molecule has 0 aromatic rings. The average Bonchev–Trinajstić information content (AvgIpc) is 2.14. The highest BCUT2D eigenvalue weighted by molar-refractivity contribution is 4.95. The van der Waals surface area contributed by atoms with Gasteiger partial charge in [0.25, 0.3) is 0 Å². The molecular weight excluding hydrogens is 90.1 g/mol. The first-order chi connectivity index (χ1) is 3.43. The molecule has 2 nitrogen and oxygen atoms in total. The van der Waals surface area contributed by atoms with Crippen molar-refractivity contribution in [1.29, 1.82) is 0 Å². The molecule has 0 saturated heterocycles. The molecule has 1 atom stereocenters. The second kappa shape index (κ2) is 2.09. The molecule has 1 aliphatic heterocycles. The zero-order valence-electron chi connectivity index (χ0n) is 4.13. The van der Waals surface area contributed by atoms with E-state index in [1.165, 1.54) is 0 Å². The molecule has 0 spiro atoms. The molecule has 40 valence electrons. The van der Waals surface area contributed by atoms with Crippen LogP contribution in [0.3, 0.4) is 0 Å². The lowest BCUT2D eigenvalue weighted by Gasteiger charge is -2.00. The molecule has 0 unspecified atom stereocenters. The van der Waals surface area contributed by atoms with E-state index in [9.17, 15) is 0 Å². The minimum Gasteiger partial charge on any atom is -0.369 e. The summed E-state index contributed by atoms with van der Waals surface area (Å²) in [5.74, 6) is 0. The third kappa shape index (κ3) is 1.01. The highest BCUT2D eigenvalue weighted by Gasteiger charge is 2.04. The van der Waals surface area contributed by atoms with Gasteiger partial charge in [-0.2, -0.15) is 0 Å². The van der Waals surface area contributed by atoms with Crippen LogP contribution in [0.5, 0.6) is 0 Å². The van der Waals surface area contributed by atoms with E-state index in [0.717, 1.165) is 6.61 Å². The Balaban J connectivity index is 2.28. The molecule has 7 heavy (non-hydrogen) atoms. The van der Waals surface area contributed by atoms with Crippen LogP contribution in [0, 0.1) is 0 Å². The number of nitrogens with two attached hydrogens (primary N) is 1. The average molecular weight is 99.1 g/mol. The lowest BCUT2D eigenvalue weighted by Crippen LogP contribution is -2.17. The molecular formula is C5H9NO. The van der Waals surface area contributed by atoms with Gasteiger partial charge in [0.05, 0.1) is 12.7 Å². The predicted molar refractivity (Wildman–Crippen MR) is 27.9 cm³/mol. The van der Waals surface area contributed by atoms with Crippen molar-refractivity contribution in [3.05, 3.63) is 12.2 Å². The van der Waals surface area contributed by atoms with Crippen molar-refractivity contribution >= 4 is 0 Å². The molecule has 1 aliphatic rings. The maximum absolute atomic E-state index is 5.26. The molecule has 1 heterocycles. The number of ether oxygens (including phenoxy) is 1. The maximum atomic E-state index is 5.26. The molecule has 0 fully saturated rings. The summed E-state index contributed by atoms with van der Waals surface area (Å²) in [5, 5.41) is 0. The number of hydrogen-bond acceptors (Lipinski definition) is 2. The first kappa shape index (κ1) is 4.81. The third-order valence-electron chi connectivity index (χ3n) is 0.990. The zero-order chi connectivity index (χ0) is 5.11. The van der Waals surface area contributed by atoms with Crippen LogP contribution in [0.25, 0.3) is 0 Å². The molecule has 0 radical (unpaired) electrons. The van der Waals surface area contributed by atoms with Crippen LogP contribution in [0.2, 0.25) is 0 Å². The number of hydrogen-bond donors (Lipinski definition) is 1. The second-order valence-electron chi connectivity index (χ2n) is 1.54. The van der Waals surface area contributed by atoms with E-state index in [2.05, 4.69) is 0 Å². The zero-order valence-corrected chi connectivity index (χ0v) is 4.13. The van der Waals surface area contributed by atoms with E-state index < -0.39 is 0 Å². The molecule has 0 aliphatic carbocycles. The van der Waals surface area contributed by atoms with Gasteiger partial charge in [-0.25, -0.2) is 0 Å².